The molecule has 2 aliphatic rings. The summed E-state index contributed by atoms with van der Waals surface area (Å²) in [7, 11) is 1.29. The van der Waals surface area contributed by atoms with Crippen LogP contribution in [0.2, 0.25) is 0 Å². The second-order valence-corrected chi connectivity index (χ2v) is 5.68. The molecule has 0 N–H and O–H groups in total. The summed E-state index contributed by atoms with van der Waals surface area (Å²) in [6, 6.07) is 4.33. The van der Waals surface area contributed by atoms with E-state index in [4.69, 9.17) is 8.92 Å². The van der Waals surface area contributed by atoms with Crippen molar-refractivity contribution in [1.29, 1.82) is 0 Å². The molecule has 1 unspecified atom stereocenters. The van der Waals surface area contributed by atoms with Crippen LogP contribution in [-0.4, -0.2) is 23.0 Å². The number of ether oxygens (including phenoxy) is 1. The predicted octanol–water partition coefficient (Wildman–Crippen LogP) is 1.28. The number of hydrogen-bond acceptors (Lipinski definition) is 4. The SMILES string of the molecule is COC(=O)[C@]12Cc3ccc(F)cc3[C@H]1OS(=O)C2. The summed E-state index contributed by atoms with van der Waals surface area (Å²) in [5.74, 6) is -0.744. The minimum atomic E-state index is -1.53. The maximum atomic E-state index is 13.3. The molecular weight excluding hydrogens is 259 g/mol. The minimum absolute atomic E-state index is 0.0979. The van der Waals surface area contributed by atoms with Crippen LogP contribution in [0.1, 0.15) is 17.2 Å². The highest BCUT2D eigenvalue weighted by atomic mass is 32.2. The lowest BCUT2D eigenvalue weighted by Crippen LogP contribution is -2.36. The van der Waals surface area contributed by atoms with Gasteiger partial charge in [0, 0.05) is 0 Å². The number of esters is 1. The maximum Gasteiger partial charge on any atom is 0.316 e. The fourth-order valence-corrected chi connectivity index (χ4v) is 4.13. The Morgan fingerprint density at radius 2 is 2.39 bits per heavy atom. The normalized spacial score (nSPS) is 33.0. The predicted molar refractivity (Wildman–Crippen MR) is 61.4 cm³/mol. The average molecular weight is 270 g/mol. The first-order valence-corrected chi connectivity index (χ1v) is 6.73. The first-order chi connectivity index (χ1) is 8.56. The van der Waals surface area contributed by atoms with Crippen molar-refractivity contribution in [2.24, 2.45) is 5.41 Å². The van der Waals surface area contributed by atoms with Crippen molar-refractivity contribution in [3.8, 4) is 0 Å². The highest BCUT2D eigenvalue weighted by Gasteiger charge is 2.59. The van der Waals surface area contributed by atoms with Crippen LogP contribution in [0, 0.1) is 11.2 Å². The standard InChI is InChI=1S/C12H11FO4S/c1-16-11(14)12-5-7-2-3-8(13)4-9(7)10(12)17-18(15)6-12/h2-4,10H,5-6H2,1H3/t10-,12+,18?/m1/s1. The van der Waals surface area contributed by atoms with Gasteiger partial charge in [-0.25, -0.2) is 8.60 Å². The van der Waals surface area contributed by atoms with E-state index in [0.717, 1.165) is 5.56 Å². The molecule has 0 amide bonds. The lowest BCUT2D eigenvalue weighted by atomic mass is 9.85. The van der Waals surface area contributed by atoms with Gasteiger partial charge < -0.3 is 4.74 Å². The van der Waals surface area contributed by atoms with E-state index in [1.165, 1.54) is 19.2 Å². The number of benzene rings is 1. The van der Waals surface area contributed by atoms with E-state index in [2.05, 4.69) is 0 Å². The largest absolute Gasteiger partial charge is 0.468 e. The minimum Gasteiger partial charge on any atom is -0.468 e. The molecule has 6 heteroatoms. The van der Waals surface area contributed by atoms with E-state index in [-0.39, 0.29) is 5.75 Å². The Labute approximate surface area is 106 Å². The van der Waals surface area contributed by atoms with Crippen LogP contribution in [0.4, 0.5) is 4.39 Å². The smallest absolute Gasteiger partial charge is 0.316 e. The first kappa shape index (κ1) is 11.8. The third kappa shape index (κ3) is 1.45. The second kappa shape index (κ2) is 3.86. The Morgan fingerprint density at radius 1 is 1.61 bits per heavy atom. The molecule has 0 saturated carbocycles. The van der Waals surface area contributed by atoms with E-state index in [0.29, 0.717) is 12.0 Å². The van der Waals surface area contributed by atoms with E-state index in [1.54, 1.807) is 6.07 Å². The van der Waals surface area contributed by atoms with Crippen molar-refractivity contribution in [2.75, 3.05) is 12.9 Å². The van der Waals surface area contributed by atoms with Crippen molar-refractivity contribution >= 4 is 17.0 Å². The third-order valence-corrected chi connectivity index (χ3v) is 4.73. The van der Waals surface area contributed by atoms with Crippen molar-refractivity contribution in [3.63, 3.8) is 0 Å². The van der Waals surface area contributed by atoms with Gasteiger partial charge in [0.15, 0.2) is 11.1 Å². The molecule has 1 aliphatic heterocycles. The molecule has 18 heavy (non-hydrogen) atoms. The monoisotopic (exact) mass is 270 g/mol. The highest BCUT2D eigenvalue weighted by molar-refractivity contribution is 7.80. The molecule has 1 aliphatic carbocycles. The van der Waals surface area contributed by atoms with Crippen molar-refractivity contribution in [3.05, 3.63) is 35.1 Å². The third-order valence-electron chi connectivity index (χ3n) is 3.57. The number of carbonyl (C=O) groups is 1. The molecule has 0 spiro atoms. The van der Waals surface area contributed by atoms with Gasteiger partial charge in [0.25, 0.3) is 0 Å². The quantitative estimate of drug-likeness (QED) is 0.721. The van der Waals surface area contributed by atoms with Crippen LogP contribution in [0.5, 0.6) is 0 Å². The molecule has 0 radical (unpaired) electrons. The van der Waals surface area contributed by atoms with E-state index in [9.17, 15) is 13.4 Å². The molecular formula is C12H11FO4S. The highest BCUT2D eigenvalue weighted by Crippen LogP contribution is 2.53. The molecule has 3 rings (SSSR count). The van der Waals surface area contributed by atoms with E-state index in [1.807, 2.05) is 0 Å². The second-order valence-electron chi connectivity index (χ2n) is 4.59. The van der Waals surface area contributed by atoms with Crippen LogP contribution < -0.4 is 0 Å². The lowest BCUT2D eigenvalue weighted by Gasteiger charge is -2.22. The maximum absolute atomic E-state index is 13.3. The summed E-state index contributed by atoms with van der Waals surface area (Å²) in [4.78, 5) is 12.0. The zero-order valence-corrected chi connectivity index (χ0v) is 10.5. The molecule has 4 nitrogen and oxygen atoms in total. The number of fused-ring (bicyclic) bond motifs is 3. The molecule has 1 aromatic rings. The zero-order valence-electron chi connectivity index (χ0n) is 9.64. The topological polar surface area (TPSA) is 52.6 Å². The molecule has 1 saturated heterocycles. The average Bonchev–Trinajstić information content (AvgIpc) is 2.81. The van der Waals surface area contributed by atoms with Gasteiger partial charge in [-0.3, -0.25) is 8.98 Å². The van der Waals surface area contributed by atoms with Crippen molar-refractivity contribution in [2.45, 2.75) is 12.5 Å². The van der Waals surface area contributed by atoms with Gasteiger partial charge in [-0.2, -0.15) is 0 Å². The summed E-state index contributed by atoms with van der Waals surface area (Å²) < 4.78 is 34.9. The van der Waals surface area contributed by atoms with Crippen LogP contribution in [0.25, 0.3) is 0 Å². The Morgan fingerprint density at radius 3 is 3.11 bits per heavy atom. The van der Waals surface area contributed by atoms with Crippen LogP contribution in [0.15, 0.2) is 18.2 Å². The Kier molecular flexibility index (Phi) is 2.53. The molecule has 0 aromatic heterocycles. The number of methoxy groups -OCH3 is 1. The van der Waals surface area contributed by atoms with E-state index < -0.39 is 34.4 Å². The number of rotatable bonds is 1. The van der Waals surface area contributed by atoms with Gasteiger partial charge in [0.2, 0.25) is 0 Å². The summed E-state index contributed by atoms with van der Waals surface area (Å²) in [5, 5.41) is 0. The number of carbonyl (C=O) groups excluding carboxylic acids is 1. The van der Waals surface area contributed by atoms with Gasteiger partial charge in [-0.1, -0.05) is 6.07 Å². The van der Waals surface area contributed by atoms with Crippen LogP contribution in [0.3, 0.4) is 0 Å². The number of hydrogen-bond donors (Lipinski definition) is 0. The lowest BCUT2D eigenvalue weighted by molar-refractivity contribution is -0.154. The molecule has 1 heterocycles. The van der Waals surface area contributed by atoms with Crippen molar-refractivity contribution in [1.82, 2.24) is 0 Å². The summed E-state index contributed by atoms with van der Waals surface area (Å²) >= 11 is -1.53. The van der Waals surface area contributed by atoms with Gasteiger partial charge >= 0.3 is 5.97 Å². The summed E-state index contributed by atoms with van der Waals surface area (Å²) in [5.41, 5.74) is 0.491. The summed E-state index contributed by atoms with van der Waals surface area (Å²) in [6.07, 6.45) is -0.289. The molecule has 1 aromatic carbocycles. The zero-order chi connectivity index (χ0) is 12.9. The van der Waals surface area contributed by atoms with Gasteiger partial charge in [-0.05, 0) is 29.7 Å². The van der Waals surface area contributed by atoms with Crippen LogP contribution >= 0.6 is 0 Å². The van der Waals surface area contributed by atoms with E-state index >= 15 is 0 Å². The van der Waals surface area contributed by atoms with Crippen LogP contribution in [-0.2, 0) is 31.2 Å². The van der Waals surface area contributed by atoms with Gasteiger partial charge in [0.1, 0.15) is 17.3 Å². The molecule has 96 valence electrons. The molecule has 3 atom stereocenters. The Balaban J connectivity index is 2.12. The molecule has 0 bridgehead atoms. The Bertz CT molecular complexity index is 559. The van der Waals surface area contributed by atoms with Gasteiger partial charge in [0.05, 0.1) is 12.9 Å². The summed E-state index contributed by atoms with van der Waals surface area (Å²) in [6.45, 7) is 0. The fraction of sp³-hybridized carbons (Fsp3) is 0.417. The van der Waals surface area contributed by atoms with Crippen molar-refractivity contribution < 1.29 is 22.3 Å². The first-order valence-electron chi connectivity index (χ1n) is 5.49. The Hall–Kier alpha value is -1.27. The molecule has 1 fully saturated rings. The fourth-order valence-electron chi connectivity index (χ4n) is 2.76. The number of halogens is 1. The van der Waals surface area contributed by atoms with Gasteiger partial charge in [-0.15, -0.1) is 0 Å².